The molecule has 0 radical (unpaired) electrons. The Labute approximate surface area is 211 Å². The number of benzene rings is 3. The van der Waals surface area contributed by atoms with Crippen LogP contribution < -0.4 is 15.4 Å². The van der Waals surface area contributed by atoms with E-state index < -0.39 is 6.04 Å². The number of carbonyl (C=O) groups is 2. The summed E-state index contributed by atoms with van der Waals surface area (Å²) in [6.07, 6.45) is 0.284. The number of rotatable bonds is 12. The lowest BCUT2D eigenvalue weighted by atomic mass is 10.2. The number of anilines is 1. The van der Waals surface area contributed by atoms with Crippen molar-refractivity contribution in [2.45, 2.75) is 19.1 Å². The smallest absolute Gasteiger partial charge is 0.249 e. The van der Waals surface area contributed by atoms with Crippen LogP contribution in [0.1, 0.15) is 12.0 Å². The molecule has 8 heteroatoms. The summed E-state index contributed by atoms with van der Waals surface area (Å²) < 4.78 is 11.5. The molecule has 1 atom stereocenters. The summed E-state index contributed by atoms with van der Waals surface area (Å²) in [4.78, 5) is 27.3. The zero-order valence-electron chi connectivity index (χ0n) is 19.9. The predicted molar refractivity (Wildman–Crippen MR) is 138 cm³/mol. The van der Waals surface area contributed by atoms with Crippen LogP contribution >= 0.6 is 11.6 Å². The van der Waals surface area contributed by atoms with Gasteiger partial charge < -0.3 is 25.0 Å². The second kappa shape index (κ2) is 13.5. The first-order valence-corrected chi connectivity index (χ1v) is 11.7. The Morgan fingerprint density at radius 2 is 1.54 bits per heavy atom. The van der Waals surface area contributed by atoms with Crippen LogP contribution in [0.2, 0.25) is 5.02 Å². The first-order chi connectivity index (χ1) is 16.9. The molecule has 35 heavy (non-hydrogen) atoms. The number of carbonyl (C=O) groups excluding carboxylic acids is 2. The van der Waals surface area contributed by atoms with Crippen LogP contribution in [0.5, 0.6) is 11.5 Å². The Hall–Kier alpha value is -3.39. The highest BCUT2D eigenvalue weighted by molar-refractivity contribution is 6.30. The average molecular weight is 496 g/mol. The zero-order chi connectivity index (χ0) is 25.0. The molecule has 0 fully saturated rings. The van der Waals surface area contributed by atoms with Crippen LogP contribution in [0.15, 0.2) is 78.9 Å². The fourth-order valence-corrected chi connectivity index (χ4v) is 3.24. The minimum Gasteiger partial charge on any atom is -0.457 e. The fourth-order valence-electron chi connectivity index (χ4n) is 3.12. The van der Waals surface area contributed by atoms with Crippen LogP contribution in [0.3, 0.4) is 0 Å². The zero-order valence-corrected chi connectivity index (χ0v) is 20.6. The SMILES string of the molecule is CN(C)CCC(=O)NC(COCc1ccccc1)C(=O)Nc1ccc(Oc2ccc(Cl)cc2)cc1. The van der Waals surface area contributed by atoms with E-state index in [0.29, 0.717) is 35.4 Å². The van der Waals surface area contributed by atoms with Gasteiger partial charge in [0, 0.05) is 23.7 Å². The molecule has 0 saturated carbocycles. The van der Waals surface area contributed by atoms with E-state index in [1.807, 2.05) is 49.3 Å². The molecule has 7 nitrogen and oxygen atoms in total. The van der Waals surface area contributed by atoms with E-state index in [-0.39, 0.29) is 24.8 Å². The second-order valence-corrected chi connectivity index (χ2v) is 8.68. The summed E-state index contributed by atoms with van der Waals surface area (Å²) in [5, 5.41) is 6.26. The van der Waals surface area contributed by atoms with Crippen LogP contribution in [0.4, 0.5) is 5.69 Å². The van der Waals surface area contributed by atoms with E-state index in [2.05, 4.69) is 10.6 Å². The largest absolute Gasteiger partial charge is 0.457 e. The van der Waals surface area contributed by atoms with Crippen LogP contribution in [-0.2, 0) is 20.9 Å². The molecule has 0 saturated heterocycles. The van der Waals surface area contributed by atoms with Crippen LogP contribution in [-0.4, -0.2) is 50.0 Å². The molecule has 0 bridgehead atoms. The van der Waals surface area contributed by atoms with Crippen molar-refractivity contribution in [2.75, 3.05) is 32.6 Å². The number of hydrogen-bond acceptors (Lipinski definition) is 5. The summed E-state index contributed by atoms with van der Waals surface area (Å²) in [7, 11) is 3.78. The van der Waals surface area contributed by atoms with E-state index >= 15 is 0 Å². The molecular weight excluding hydrogens is 466 g/mol. The van der Waals surface area contributed by atoms with Gasteiger partial charge in [0.1, 0.15) is 17.5 Å². The van der Waals surface area contributed by atoms with E-state index in [0.717, 1.165) is 5.56 Å². The van der Waals surface area contributed by atoms with Gasteiger partial charge in [0.15, 0.2) is 0 Å². The maximum Gasteiger partial charge on any atom is 0.249 e. The van der Waals surface area contributed by atoms with Crippen molar-refractivity contribution < 1.29 is 19.1 Å². The number of hydrogen-bond donors (Lipinski definition) is 2. The van der Waals surface area contributed by atoms with Crippen LogP contribution in [0.25, 0.3) is 0 Å². The third kappa shape index (κ3) is 9.41. The molecule has 1 unspecified atom stereocenters. The first kappa shape index (κ1) is 26.2. The maximum atomic E-state index is 13.0. The van der Waals surface area contributed by atoms with Crippen molar-refractivity contribution in [3.8, 4) is 11.5 Å². The summed E-state index contributed by atoms with van der Waals surface area (Å²) in [5.41, 5.74) is 1.57. The van der Waals surface area contributed by atoms with Crippen molar-refractivity contribution in [2.24, 2.45) is 0 Å². The van der Waals surface area contributed by atoms with Crippen LogP contribution in [0, 0.1) is 0 Å². The van der Waals surface area contributed by atoms with Gasteiger partial charge in [-0.25, -0.2) is 0 Å². The van der Waals surface area contributed by atoms with Gasteiger partial charge in [-0.2, -0.15) is 0 Å². The molecule has 2 N–H and O–H groups in total. The van der Waals surface area contributed by atoms with Crippen molar-refractivity contribution in [3.63, 3.8) is 0 Å². The monoisotopic (exact) mass is 495 g/mol. The highest BCUT2D eigenvalue weighted by atomic mass is 35.5. The summed E-state index contributed by atoms with van der Waals surface area (Å²) >= 11 is 5.90. The molecule has 0 aliphatic rings. The summed E-state index contributed by atoms with van der Waals surface area (Å²) in [6, 6.07) is 22.8. The summed E-state index contributed by atoms with van der Waals surface area (Å²) in [6.45, 7) is 0.973. The molecule has 0 aliphatic carbocycles. The number of ether oxygens (including phenoxy) is 2. The fraction of sp³-hybridized carbons (Fsp3) is 0.259. The Morgan fingerprint density at radius 3 is 2.17 bits per heavy atom. The highest BCUT2D eigenvalue weighted by Crippen LogP contribution is 2.24. The Kier molecular flexibility index (Phi) is 10.1. The molecule has 0 aliphatic heterocycles. The van der Waals surface area contributed by atoms with Gasteiger partial charge in [-0.3, -0.25) is 9.59 Å². The van der Waals surface area contributed by atoms with Crippen molar-refractivity contribution >= 4 is 29.1 Å². The molecule has 184 valence electrons. The van der Waals surface area contributed by atoms with E-state index in [4.69, 9.17) is 21.1 Å². The van der Waals surface area contributed by atoms with Gasteiger partial charge in [0.25, 0.3) is 0 Å². The lowest BCUT2D eigenvalue weighted by Gasteiger charge is -2.19. The second-order valence-electron chi connectivity index (χ2n) is 8.24. The van der Waals surface area contributed by atoms with Gasteiger partial charge in [-0.15, -0.1) is 0 Å². The maximum absolute atomic E-state index is 13.0. The molecule has 3 aromatic carbocycles. The van der Waals surface area contributed by atoms with Gasteiger partial charge in [0.05, 0.1) is 13.2 Å². The number of halogens is 1. The molecule has 2 amide bonds. The quantitative estimate of drug-likeness (QED) is 0.380. The van der Waals surface area contributed by atoms with Crippen molar-refractivity contribution in [1.82, 2.24) is 10.2 Å². The van der Waals surface area contributed by atoms with E-state index in [1.54, 1.807) is 48.5 Å². The minimum absolute atomic E-state index is 0.0478. The molecular formula is C27H30ClN3O4. The number of nitrogens with zero attached hydrogens (tertiary/aromatic N) is 1. The summed E-state index contributed by atoms with van der Waals surface area (Å²) in [5.74, 6) is 0.698. The number of amides is 2. The molecule has 0 heterocycles. The molecule has 3 rings (SSSR count). The average Bonchev–Trinajstić information content (AvgIpc) is 2.85. The minimum atomic E-state index is -0.835. The molecule has 0 aromatic heterocycles. The van der Waals surface area contributed by atoms with Gasteiger partial charge in [-0.1, -0.05) is 41.9 Å². The third-order valence-corrected chi connectivity index (χ3v) is 5.26. The molecule has 0 spiro atoms. The highest BCUT2D eigenvalue weighted by Gasteiger charge is 2.21. The van der Waals surface area contributed by atoms with Gasteiger partial charge >= 0.3 is 0 Å². The van der Waals surface area contributed by atoms with E-state index in [1.165, 1.54) is 0 Å². The van der Waals surface area contributed by atoms with Crippen molar-refractivity contribution in [1.29, 1.82) is 0 Å². The van der Waals surface area contributed by atoms with Gasteiger partial charge in [0.2, 0.25) is 11.8 Å². The topological polar surface area (TPSA) is 79.9 Å². The first-order valence-electron chi connectivity index (χ1n) is 11.3. The lowest BCUT2D eigenvalue weighted by molar-refractivity contribution is -0.128. The Balaban J connectivity index is 1.59. The van der Waals surface area contributed by atoms with Crippen molar-refractivity contribution in [3.05, 3.63) is 89.4 Å². The third-order valence-electron chi connectivity index (χ3n) is 5.01. The Bertz CT molecular complexity index is 1070. The van der Waals surface area contributed by atoms with E-state index in [9.17, 15) is 9.59 Å². The normalized spacial score (nSPS) is 11.7. The Morgan fingerprint density at radius 1 is 0.914 bits per heavy atom. The predicted octanol–water partition coefficient (Wildman–Crippen LogP) is 4.72. The lowest BCUT2D eigenvalue weighted by Crippen LogP contribution is -2.47. The van der Waals surface area contributed by atoms with Gasteiger partial charge in [-0.05, 0) is 68.2 Å². The standard InChI is InChI=1S/C27H30ClN3O4/c1-31(2)17-16-26(32)30-25(19-34-18-20-6-4-3-5-7-20)27(33)29-22-10-14-24(15-11-22)35-23-12-8-21(28)9-13-23/h3-15,25H,16-19H2,1-2H3,(H,29,33)(H,30,32). The number of nitrogens with one attached hydrogen (secondary N) is 2. The molecule has 3 aromatic rings.